The number of likely N-dealkylation sites (tertiary alicyclic amines) is 1. The molecule has 34 heavy (non-hydrogen) atoms. The second-order valence-electron chi connectivity index (χ2n) is 8.45. The lowest BCUT2D eigenvalue weighted by molar-refractivity contribution is -0.172. The second-order valence-corrected chi connectivity index (χ2v) is 8.89. The molecule has 2 aromatic rings. The van der Waals surface area contributed by atoms with Crippen LogP contribution in [0.5, 0.6) is 0 Å². The van der Waals surface area contributed by atoms with Gasteiger partial charge in [-0.3, -0.25) is 19.3 Å². The molecular formula is C23H20ClF4N3O3. The molecule has 180 valence electrons. The number of rotatable bonds is 3. The van der Waals surface area contributed by atoms with Gasteiger partial charge in [0.1, 0.15) is 12.4 Å². The van der Waals surface area contributed by atoms with Crippen molar-refractivity contribution in [3.63, 3.8) is 0 Å². The van der Waals surface area contributed by atoms with Crippen molar-refractivity contribution >= 4 is 35.0 Å². The Balaban J connectivity index is 1.72. The summed E-state index contributed by atoms with van der Waals surface area (Å²) in [6.07, 6.45) is -4.51. The van der Waals surface area contributed by atoms with Gasteiger partial charge in [-0.25, -0.2) is 4.39 Å². The van der Waals surface area contributed by atoms with Gasteiger partial charge in [0.15, 0.2) is 5.54 Å². The average molecular weight is 498 g/mol. The summed E-state index contributed by atoms with van der Waals surface area (Å²) in [6, 6.07) is 7.28. The molecule has 2 aromatic carbocycles. The van der Waals surface area contributed by atoms with E-state index in [2.05, 4.69) is 0 Å². The summed E-state index contributed by atoms with van der Waals surface area (Å²) in [5.41, 5.74) is -2.05. The van der Waals surface area contributed by atoms with Gasteiger partial charge in [0, 0.05) is 11.9 Å². The first kappa shape index (κ1) is 24.0. The number of anilines is 1. The number of piperazine rings is 1. The van der Waals surface area contributed by atoms with E-state index < -0.39 is 47.5 Å². The second kappa shape index (κ2) is 8.26. The summed E-state index contributed by atoms with van der Waals surface area (Å²) in [5, 5.41) is 0.121. The van der Waals surface area contributed by atoms with E-state index in [9.17, 15) is 31.9 Å². The molecule has 1 spiro atoms. The standard InChI is InChI=1S/C23H20ClF4N3O3/c1-13(15-3-5-16(6-4-15)23(26,27)28)31-20(33)10-30(19-8-7-17(24)9-18(19)25)21(34)22(31)11-29(12-22)14(2)32/h3-9,13H,10-12H2,1-2H3/t13-/m1/s1. The lowest BCUT2D eigenvalue weighted by atomic mass is 9.81. The van der Waals surface area contributed by atoms with Crippen LogP contribution in [0.2, 0.25) is 5.02 Å². The number of amides is 3. The molecule has 0 saturated carbocycles. The highest BCUT2D eigenvalue weighted by Crippen LogP contribution is 2.41. The molecule has 0 unspecified atom stereocenters. The Kier molecular flexibility index (Phi) is 5.83. The molecule has 6 nitrogen and oxygen atoms in total. The summed E-state index contributed by atoms with van der Waals surface area (Å²) >= 11 is 5.81. The summed E-state index contributed by atoms with van der Waals surface area (Å²) in [6.45, 7) is 2.24. The van der Waals surface area contributed by atoms with Crippen molar-refractivity contribution in [3.8, 4) is 0 Å². The third-order valence-electron chi connectivity index (χ3n) is 6.32. The fraction of sp³-hybridized carbons (Fsp3) is 0.348. The largest absolute Gasteiger partial charge is 0.416 e. The molecular weight excluding hydrogens is 478 g/mol. The highest BCUT2D eigenvalue weighted by atomic mass is 35.5. The van der Waals surface area contributed by atoms with Crippen molar-refractivity contribution < 1.29 is 31.9 Å². The zero-order valence-corrected chi connectivity index (χ0v) is 19.0. The van der Waals surface area contributed by atoms with Crippen LogP contribution < -0.4 is 4.90 Å². The summed E-state index contributed by atoms with van der Waals surface area (Å²) in [5.74, 6) is -2.19. The van der Waals surface area contributed by atoms with E-state index in [1.165, 1.54) is 41.0 Å². The van der Waals surface area contributed by atoms with Gasteiger partial charge >= 0.3 is 6.18 Å². The molecule has 4 rings (SSSR count). The molecule has 0 aromatic heterocycles. The molecule has 0 bridgehead atoms. The van der Waals surface area contributed by atoms with Crippen molar-refractivity contribution in [2.45, 2.75) is 31.6 Å². The van der Waals surface area contributed by atoms with Gasteiger partial charge in [0.05, 0.1) is 30.4 Å². The third-order valence-corrected chi connectivity index (χ3v) is 6.56. The maximum atomic E-state index is 14.6. The van der Waals surface area contributed by atoms with Crippen molar-refractivity contribution in [1.29, 1.82) is 0 Å². The quantitative estimate of drug-likeness (QED) is 0.602. The summed E-state index contributed by atoms with van der Waals surface area (Å²) in [7, 11) is 0. The molecule has 0 N–H and O–H groups in total. The van der Waals surface area contributed by atoms with E-state index in [1.54, 1.807) is 6.92 Å². The number of carbonyl (C=O) groups is 3. The fourth-order valence-electron chi connectivity index (χ4n) is 4.55. The predicted molar refractivity (Wildman–Crippen MR) is 115 cm³/mol. The van der Waals surface area contributed by atoms with E-state index in [4.69, 9.17) is 11.6 Å². The van der Waals surface area contributed by atoms with Gasteiger partial charge in [-0.15, -0.1) is 0 Å². The topological polar surface area (TPSA) is 60.9 Å². The Morgan fingerprint density at radius 3 is 2.24 bits per heavy atom. The van der Waals surface area contributed by atoms with Gasteiger partial charge in [-0.2, -0.15) is 13.2 Å². The first-order valence-corrected chi connectivity index (χ1v) is 10.7. The highest BCUT2D eigenvalue weighted by Gasteiger charge is 2.61. The molecule has 1 atom stereocenters. The van der Waals surface area contributed by atoms with Gasteiger partial charge in [-0.1, -0.05) is 23.7 Å². The van der Waals surface area contributed by atoms with Gasteiger partial charge in [-0.05, 0) is 42.8 Å². The number of halogens is 5. The van der Waals surface area contributed by atoms with Crippen LogP contribution in [-0.4, -0.2) is 52.7 Å². The van der Waals surface area contributed by atoms with E-state index in [1.807, 2.05) is 0 Å². The normalized spacial score (nSPS) is 18.9. The van der Waals surface area contributed by atoms with Crippen molar-refractivity contribution in [3.05, 3.63) is 64.4 Å². The van der Waals surface area contributed by atoms with E-state index >= 15 is 0 Å². The Labute approximate surface area is 197 Å². The average Bonchev–Trinajstić information content (AvgIpc) is 2.72. The van der Waals surface area contributed by atoms with Gasteiger partial charge < -0.3 is 9.80 Å². The van der Waals surface area contributed by atoms with E-state index in [-0.39, 0.29) is 29.7 Å². The van der Waals surface area contributed by atoms with Crippen molar-refractivity contribution in [2.75, 3.05) is 24.5 Å². The zero-order chi connectivity index (χ0) is 25.0. The maximum absolute atomic E-state index is 14.6. The number of benzene rings is 2. The van der Waals surface area contributed by atoms with Crippen LogP contribution in [-0.2, 0) is 20.6 Å². The third kappa shape index (κ3) is 3.89. The monoisotopic (exact) mass is 497 g/mol. The van der Waals surface area contributed by atoms with Gasteiger partial charge in [0.25, 0.3) is 5.91 Å². The van der Waals surface area contributed by atoms with E-state index in [0.29, 0.717) is 5.56 Å². The zero-order valence-electron chi connectivity index (χ0n) is 18.2. The summed E-state index contributed by atoms with van der Waals surface area (Å²) in [4.78, 5) is 42.6. The van der Waals surface area contributed by atoms with Crippen LogP contribution in [0.3, 0.4) is 0 Å². The molecule has 2 fully saturated rings. The number of alkyl halides is 3. The van der Waals surface area contributed by atoms with Crippen LogP contribution in [0.4, 0.5) is 23.2 Å². The van der Waals surface area contributed by atoms with Crippen LogP contribution in [0.25, 0.3) is 0 Å². The molecule has 2 aliphatic heterocycles. The van der Waals surface area contributed by atoms with Crippen molar-refractivity contribution in [1.82, 2.24) is 9.80 Å². The molecule has 2 aliphatic rings. The minimum atomic E-state index is -4.51. The molecule has 0 aliphatic carbocycles. The first-order chi connectivity index (χ1) is 15.8. The minimum absolute atomic E-state index is 0.108. The lowest BCUT2D eigenvalue weighted by Gasteiger charge is -2.59. The van der Waals surface area contributed by atoms with Gasteiger partial charge in [0.2, 0.25) is 11.8 Å². The molecule has 11 heteroatoms. The molecule has 2 saturated heterocycles. The van der Waals surface area contributed by atoms with E-state index in [0.717, 1.165) is 23.1 Å². The number of hydrogen-bond acceptors (Lipinski definition) is 3. The Morgan fingerprint density at radius 1 is 1.09 bits per heavy atom. The van der Waals surface area contributed by atoms with Crippen LogP contribution >= 0.6 is 11.6 Å². The van der Waals surface area contributed by atoms with Crippen molar-refractivity contribution in [2.24, 2.45) is 0 Å². The summed E-state index contributed by atoms with van der Waals surface area (Å²) < 4.78 is 53.5. The molecule has 2 heterocycles. The SMILES string of the molecule is CC(=O)N1CC2(C1)C(=O)N(c1ccc(Cl)cc1F)CC(=O)N2[C@H](C)c1ccc(C(F)(F)F)cc1. The van der Waals surface area contributed by atoms with Crippen LogP contribution in [0.15, 0.2) is 42.5 Å². The van der Waals surface area contributed by atoms with Crippen LogP contribution in [0, 0.1) is 5.82 Å². The first-order valence-electron chi connectivity index (χ1n) is 10.4. The minimum Gasteiger partial charge on any atom is -0.337 e. The Morgan fingerprint density at radius 2 is 1.71 bits per heavy atom. The maximum Gasteiger partial charge on any atom is 0.416 e. The molecule has 0 radical (unpaired) electrons. The predicted octanol–water partition coefficient (Wildman–Crippen LogP) is 4.04. The van der Waals surface area contributed by atoms with Crippen LogP contribution in [0.1, 0.15) is 31.0 Å². The smallest absolute Gasteiger partial charge is 0.337 e. The number of nitrogens with zero attached hydrogens (tertiary/aromatic N) is 3. The number of carbonyl (C=O) groups excluding carboxylic acids is 3. The number of hydrogen-bond donors (Lipinski definition) is 0. The fourth-order valence-corrected chi connectivity index (χ4v) is 4.71. The Bertz CT molecular complexity index is 1160. The lowest BCUT2D eigenvalue weighted by Crippen LogP contribution is -2.81. The Hall–Kier alpha value is -3.14. The molecule has 3 amide bonds. The highest BCUT2D eigenvalue weighted by molar-refractivity contribution is 6.30.